The van der Waals surface area contributed by atoms with Gasteiger partial charge in [0.2, 0.25) is 0 Å². The van der Waals surface area contributed by atoms with Crippen molar-refractivity contribution in [2.75, 3.05) is 6.54 Å². The van der Waals surface area contributed by atoms with Crippen molar-refractivity contribution in [3.8, 4) is 0 Å². The molecular weight excluding hydrogens is 281 g/mol. The first-order valence-electron chi connectivity index (χ1n) is 5.95. The molecule has 0 saturated carbocycles. The van der Waals surface area contributed by atoms with Crippen LogP contribution in [-0.4, -0.2) is 6.54 Å². The van der Waals surface area contributed by atoms with Crippen LogP contribution in [0.3, 0.4) is 0 Å². The molecule has 1 nitrogen and oxygen atoms in total. The number of hydrogen-bond donors (Lipinski definition) is 1. The van der Waals surface area contributed by atoms with E-state index < -0.39 is 0 Å². The Morgan fingerprint density at radius 1 is 1.41 bits per heavy atom. The van der Waals surface area contributed by atoms with Crippen LogP contribution in [0.15, 0.2) is 35.3 Å². The predicted octanol–water partition coefficient (Wildman–Crippen LogP) is 4.56. The highest BCUT2D eigenvalue weighted by atomic mass is 79.9. The van der Waals surface area contributed by atoms with Gasteiger partial charge < -0.3 is 5.32 Å². The molecule has 0 aromatic heterocycles. The van der Waals surface area contributed by atoms with Crippen molar-refractivity contribution >= 4 is 15.9 Å². The van der Waals surface area contributed by atoms with E-state index in [1.807, 2.05) is 12.1 Å². The van der Waals surface area contributed by atoms with E-state index in [4.69, 9.17) is 0 Å². The maximum Gasteiger partial charge on any atom is 0.123 e. The maximum atomic E-state index is 12.9. The Bertz CT molecular complexity index is 348. The summed E-state index contributed by atoms with van der Waals surface area (Å²) >= 11 is 3.34. The van der Waals surface area contributed by atoms with Gasteiger partial charge in [-0.15, -0.1) is 0 Å². The van der Waals surface area contributed by atoms with Crippen LogP contribution in [0.2, 0.25) is 0 Å². The van der Waals surface area contributed by atoms with E-state index in [2.05, 4.69) is 34.7 Å². The molecule has 0 bridgehead atoms. The average Bonchev–Trinajstić information content (AvgIpc) is 2.30. The lowest BCUT2D eigenvalue weighted by Crippen LogP contribution is -2.22. The highest BCUT2D eigenvalue weighted by Crippen LogP contribution is 2.20. The predicted molar refractivity (Wildman–Crippen MR) is 74.7 cm³/mol. The molecule has 0 amide bonds. The Morgan fingerprint density at radius 2 is 2.06 bits per heavy atom. The Hall–Kier alpha value is -0.670. The van der Waals surface area contributed by atoms with Crippen LogP contribution in [0.4, 0.5) is 4.39 Å². The molecule has 0 radical (unpaired) electrons. The van der Waals surface area contributed by atoms with Crippen molar-refractivity contribution in [2.45, 2.75) is 32.2 Å². The topological polar surface area (TPSA) is 12.0 Å². The maximum absolute atomic E-state index is 12.9. The quantitative estimate of drug-likeness (QED) is 0.778. The summed E-state index contributed by atoms with van der Waals surface area (Å²) in [7, 11) is 0. The first-order valence-corrected chi connectivity index (χ1v) is 6.75. The number of halogens is 2. The molecule has 0 heterocycles. The summed E-state index contributed by atoms with van der Waals surface area (Å²) < 4.78 is 13.8. The second kappa shape index (κ2) is 7.62. The summed E-state index contributed by atoms with van der Waals surface area (Å²) in [6.07, 6.45) is 3.38. The zero-order valence-electron chi connectivity index (χ0n) is 10.2. The molecule has 94 valence electrons. The summed E-state index contributed by atoms with van der Waals surface area (Å²) in [4.78, 5) is 0. The Balaban J connectivity index is 2.67. The second-order valence-electron chi connectivity index (χ2n) is 4.14. The monoisotopic (exact) mass is 299 g/mol. The zero-order valence-corrected chi connectivity index (χ0v) is 11.8. The van der Waals surface area contributed by atoms with Crippen molar-refractivity contribution in [3.63, 3.8) is 0 Å². The van der Waals surface area contributed by atoms with Crippen LogP contribution in [0.1, 0.15) is 37.8 Å². The normalized spacial score (nSPS) is 12.4. The van der Waals surface area contributed by atoms with Crippen molar-refractivity contribution < 1.29 is 4.39 Å². The molecule has 0 fully saturated rings. The Labute approximate surface area is 111 Å². The standard InChI is InChI=1S/C14H19BrFN/c1-3-4-5-14(17-10-11(2)15)12-6-8-13(16)9-7-12/h6-9,14,17H,2-5,10H2,1H3. The molecule has 17 heavy (non-hydrogen) atoms. The minimum Gasteiger partial charge on any atom is -0.305 e. The largest absolute Gasteiger partial charge is 0.305 e. The number of benzene rings is 1. The molecule has 1 N–H and O–H groups in total. The van der Waals surface area contributed by atoms with Crippen LogP contribution < -0.4 is 5.32 Å². The van der Waals surface area contributed by atoms with Crippen molar-refractivity contribution in [1.29, 1.82) is 0 Å². The van der Waals surface area contributed by atoms with Crippen molar-refractivity contribution in [1.82, 2.24) is 5.32 Å². The molecule has 0 aliphatic heterocycles. The first kappa shape index (κ1) is 14.4. The second-order valence-corrected chi connectivity index (χ2v) is 5.27. The molecule has 0 spiro atoms. The van der Waals surface area contributed by atoms with Crippen LogP contribution in [0.5, 0.6) is 0 Å². The van der Waals surface area contributed by atoms with Gasteiger partial charge in [0.25, 0.3) is 0 Å². The van der Waals surface area contributed by atoms with E-state index in [0.717, 1.165) is 35.9 Å². The van der Waals surface area contributed by atoms with Crippen LogP contribution >= 0.6 is 15.9 Å². The molecule has 1 rings (SSSR count). The third-order valence-corrected chi connectivity index (χ3v) is 2.94. The molecule has 0 aliphatic rings. The summed E-state index contributed by atoms with van der Waals surface area (Å²) in [5.41, 5.74) is 1.13. The molecule has 1 atom stereocenters. The minimum absolute atomic E-state index is 0.187. The van der Waals surface area contributed by atoms with E-state index >= 15 is 0 Å². The minimum atomic E-state index is -0.187. The molecule has 1 unspecified atom stereocenters. The van der Waals surface area contributed by atoms with Crippen molar-refractivity contribution in [2.24, 2.45) is 0 Å². The molecule has 3 heteroatoms. The smallest absolute Gasteiger partial charge is 0.123 e. The lowest BCUT2D eigenvalue weighted by Gasteiger charge is -2.18. The van der Waals surface area contributed by atoms with Crippen LogP contribution in [0.25, 0.3) is 0 Å². The van der Waals surface area contributed by atoms with E-state index in [1.165, 1.54) is 12.1 Å². The molecule has 1 aromatic rings. The lowest BCUT2D eigenvalue weighted by atomic mass is 10.0. The van der Waals surface area contributed by atoms with Gasteiger partial charge in [0.1, 0.15) is 5.82 Å². The van der Waals surface area contributed by atoms with Gasteiger partial charge in [-0.25, -0.2) is 4.39 Å². The van der Waals surface area contributed by atoms with Gasteiger partial charge in [-0.05, 0) is 24.1 Å². The van der Waals surface area contributed by atoms with E-state index in [-0.39, 0.29) is 11.9 Å². The van der Waals surface area contributed by atoms with Crippen LogP contribution in [0, 0.1) is 5.82 Å². The number of hydrogen-bond acceptors (Lipinski definition) is 1. The van der Waals surface area contributed by atoms with E-state index in [1.54, 1.807) is 0 Å². The Morgan fingerprint density at radius 3 is 2.59 bits per heavy atom. The fraction of sp³-hybridized carbons (Fsp3) is 0.429. The number of rotatable bonds is 7. The Kier molecular flexibility index (Phi) is 6.45. The molecule has 0 saturated heterocycles. The van der Waals surface area contributed by atoms with Crippen LogP contribution in [-0.2, 0) is 0 Å². The van der Waals surface area contributed by atoms with Gasteiger partial charge in [0.15, 0.2) is 0 Å². The lowest BCUT2D eigenvalue weighted by molar-refractivity contribution is 0.502. The highest BCUT2D eigenvalue weighted by Gasteiger charge is 2.10. The molecule has 1 aromatic carbocycles. The molecule has 0 aliphatic carbocycles. The summed E-state index contributed by atoms with van der Waals surface area (Å²) in [5.74, 6) is -0.187. The van der Waals surface area contributed by atoms with E-state index in [9.17, 15) is 4.39 Å². The summed E-state index contributed by atoms with van der Waals surface area (Å²) in [6, 6.07) is 6.99. The van der Waals surface area contributed by atoms with E-state index in [0.29, 0.717) is 0 Å². The fourth-order valence-electron chi connectivity index (χ4n) is 1.72. The molecular formula is C14H19BrFN. The van der Waals surface area contributed by atoms with Gasteiger partial charge in [-0.2, -0.15) is 0 Å². The SMILES string of the molecule is C=C(Br)CNC(CCCC)c1ccc(F)cc1. The third kappa shape index (κ3) is 5.46. The van der Waals surface area contributed by atoms with Gasteiger partial charge in [0, 0.05) is 17.1 Å². The summed E-state index contributed by atoms with van der Waals surface area (Å²) in [6.45, 7) is 6.71. The number of unbranched alkanes of at least 4 members (excludes halogenated alkanes) is 1. The average molecular weight is 300 g/mol. The van der Waals surface area contributed by atoms with Crippen molar-refractivity contribution in [3.05, 3.63) is 46.7 Å². The highest BCUT2D eigenvalue weighted by molar-refractivity contribution is 9.11. The fourth-order valence-corrected chi connectivity index (χ4v) is 1.89. The van der Waals surface area contributed by atoms with Gasteiger partial charge >= 0.3 is 0 Å². The third-order valence-electron chi connectivity index (χ3n) is 2.66. The van der Waals surface area contributed by atoms with Gasteiger partial charge in [-0.1, -0.05) is 54.4 Å². The number of nitrogens with one attached hydrogen (secondary N) is 1. The summed E-state index contributed by atoms with van der Waals surface area (Å²) in [5, 5.41) is 3.42. The van der Waals surface area contributed by atoms with Gasteiger partial charge in [0.05, 0.1) is 0 Å². The van der Waals surface area contributed by atoms with Gasteiger partial charge in [-0.3, -0.25) is 0 Å². The first-order chi connectivity index (χ1) is 8.13. The zero-order chi connectivity index (χ0) is 12.7.